The monoisotopic (exact) mass is 222 g/mol. The van der Waals surface area contributed by atoms with Crippen LogP contribution in [0.25, 0.3) is 0 Å². The largest absolute Gasteiger partial charge is 0.353 e. The molecule has 0 aromatic carbocycles. The Balaban J connectivity index is 2.14. The van der Waals surface area contributed by atoms with E-state index >= 15 is 0 Å². The van der Waals surface area contributed by atoms with E-state index in [1.165, 1.54) is 6.42 Å². The summed E-state index contributed by atoms with van der Waals surface area (Å²) in [6.45, 7) is 7.79. The van der Waals surface area contributed by atoms with Crippen LogP contribution in [0.1, 0.15) is 26.7 Å². The minimum Gasteiger partial charge on any atom is -0.353 e. The summed E-state index contributed by atoms with van der Waals surface area (Å²) >= 11 is 0. The molecule has 1 aliphatic rings. The Labute approximate surface area is 97.6 Å². The topological polar surface area (TPSA) is 33.1 Å². The zero-order chi connectivity index (χ0) is 11.6. The van der Waals surface area contributed by atoms with Crippen molar-refractivity contribution in [2.45, 2.75) is 32.2 Å². The van der Waals surface area contributed by atoms with Crippen LogP contribution in [-0.2, 0) is 7.05 Å². The first-order valence-electron chi connectivity index (χ1n) is 6.12. The number of nitrogens with zero attached hydrogens (tertiary/aromatic N) is 3. The lowest BCUT2D eigenvalue weighted by molar-refractivity contribution is 0.366. The second kappa shape index (κ2) is 4.45. The van der Waals surface area contributed by atoms with Gasteiger partial charge in [0.15, 0.2) is 5.82 Å². The van der Waals surface area contributed by atoms with Gasteiger partial charge >= 0.3 is 0 Å². The SMILES string of the molecule is CCC1(C)CN(c2ccn(C)n2)CCCN1. The minimum atomic E-state index is 0.216. The maximum atomic E-state index is 4.49. The zero-order valence-electron chi connectivity index (χ0n) is 10.5. The Bertz CT molecular complexity index is 347. The van der Waals surface area contributed by atoms with E-state index in [1.54, 1.807) is 0 Å². The van der Waals surface area contributed by atoms with Crippen LogP contribution < -0.4 is 10.2 Å². The molecular formula is C12H22N4. The molecule has 1 N–H and O–H groups in total. The van der Waals surface area contributed by atoms with Gasteiger partial charge in [-0.2, -0.15) is 5.10 Å². The van der Waals surface area contributed by atoms with E-state index < -0.39 is 0 Å². The molecule has 0 spiro atoms. The Hall–Kier alpha value is -1.03. The first kappa shape index (κ1) is 11.5. The maximum absolute atomic E-state index is 4.49. The van der Waals surface area contributed by atoms with Gasteiger partial charge in [-0.25, -0.2) is 0 Å². The average molecular weight is 222 g/mol. The van der Waals surface area contributed by atoms with Crippen molar-refractivity contribution in [1.29, 1.82) is 0 Å². The molecule has 2 heterocycles. The summed E-state index contributed by atoms with van der Waals surface area (Å²) in [6, 6.07) is 2.10. The highest BCUT2D eigenvalue weighted by Gasteiger charge is 2.27. The predicted octanol–water partition coefficient (Wildman–Crippen LogP) is 1.39. The van der Waals surface area contributed by atoms with Crippen molar-refractivity contribution in [3.8, 4) is 0 Å². The van der Waals surface area contributed by atoms with Crippen LogP contribution in [0, 0.1) is 0 Å². The van der Waals surface area contributed by atoms with Gasteiger partial charge in [0, 0.05) is 37.9 Å². The van der Waals surface area contributed by atoms with Crippen molar-refractivity contribution in [2.24, 2.45) is 7.05 Å². The zero-order valence-corrected chi connectivity index (χ0v) is 10.5. The first-order valence-corrected chi connectivity index (χ1v) is 6.12. The van der Waals surface area contributed by atoms with Gasteiger partial charge in [-0.1, -0.05) is 6.92 Å². The molecule has 16 heavy (non-hydrogen) atoms. The van der Waals surface area contributed by atoms with Gasteiger partial charge < -0.3 is 10.2 Å². The molecule has 1 aromatic heterocycles. The number of hydrogen-bond donors (Lipinski definition) is 1. The van der Waals surface area contributed by atoms with Crippen molar-refractivity contribution in [1.82, 2.24) is 15.1 Å². The molecule has 1 saturated heterocycles. The highest BCUT2D eigenvalue weighted by atomic mass is 15.3. The fourth-order valence-corrected chi connectivity index (χ4v) is 2.22. The van der Waals surface area contributed by atoms with Crippen molar-refractivity contribution >= 4 is 5.82 Å². The highest BCUT2D eigenvalue weighted by Crippen LogP contribution is 2.19. The van der Waals surface area contributed by atoms with E-state index in [0.29, 0.717) is 0 Å². The van der Waals surface area contributed by atoms with Crippen molar-refractivity contribution in [3.05, 3.63) is 12.3 Å². The summed E-state index contributed by atoms with van der Waals surface area (Å²) in [5.41, 5.74) is 0.216. The quantitative estimate of drug-likeness (QED) is 0.821. The highest BCUT2D eigenvalue weighted by molar-refractivity contribution is 5.38. The van der Waals surface area contributed by atoms with Crippen LogP contribution in [0.2, 0.25) is 0 Å². The van der Waals surface area contributed by atoms with Crippen LogP contribution in [0.3, 0.4) is 0 Å². The van der Waals surface area contributed by atoms with Crippen molar-refractivity contribution < 1.29 is 0 Å². The molecule has 0 saturated carbocycles. The smallest absolute Gasteiger partial charge is 0.150 e. The van der Waals surface area contributed by atoms with Crippen LogP contribution in [0.15, 0.2) is 12.3 Å². The minimum absolute atomic E-state index is 0.216. The molecule has 0 amide bonds. The van der Waals surface area contributed by atoms with Gasteiger partial charge in [0.05, 0.1) is 0 Å². The van der Waals surface area contributed by atoms with Crippen molar-refractivity contribution in [2.75, 3.05) is 24.5 Å². The predicted molar refractivity (Wildman–Crippen MR) is 66.7 cm³/mol. The molecule has 90 valence electrons. The lowest BCUT2D eigenvalue weighted by Gasteiger charge is -2.32. The van der Waals surface area contributed by atoms with Gasteiger partial charge in [-0.3, -0.25) is 4.68 Å². The number of aryl methyl sites for hydroxylation is 1. The summed E-state index contributed by atoms with van der Waals surface area (Å²) in [7, 11) is 1.97. The number of rotatable bonds is 2. The second-order valence-electron chi connectivity index (χ2n) is 4.96. The molecule has 4 nitrogen and oxygen atoms in total. The fraction of sp³-hybridized carbons (Fsp3) is 0.750. The molecule has 0 bridgehead atoms. The van der Waals surface area contributed by atoms with Crippen LogP contribution in [0.5, 0.6) is 0 Å². The summed E-state index contributed by atoms with van der Waals surface area (Å²) in [6.07, 6.45) is 4.35. The van der Waals surface area contributed by atoms with Crippen LogP contribution >= 0.6 is 0 Å². The first-order chi connectivity index (χ1) is 7.63. The normalized spacial score (nSPS) is 26.8. The number of nitrogens with one attached hydrogen (secondary N) is 1. The van der Waals surface area contributed by atoms with Gasteiger partial charge in [-0.15, -0.1) is 0 Å². The van der Waals surface area contributed by atoms with E-state index in [4.69, 9.17) is 0 Å². The van der Waals surface area contributed by atoms with Gasteiger partial charge in [-0.05, 0) is 26.3 Å². The molecular weight excluding hydrogens is 200 g/mol. The third-order valence-electron chi connectivity index (χ3n) is 3.50. The van der Waals surface area contributed by atoms with Crippen LogP contribution in [-0.4, -0.2) is 35.0 Å². The lowest BCUT2D eigenvalue weighted by Crippen LogP contribution is -2.48. The van der Waals surface area contributed by atoms with E-state index in [-0.39, 0.29) is 5.54 Å². The van der Waals surface area contributed by atoms with Crippen molar-refractivity contribution in [3.63, 3.8) is 0 Å². The average Bonchev–Trinajstić information content (AvgIpc) is 2.59. The molecule has 0 aliphatic carbocycles. The Kier molecular flexibility index (Phi) is 3.19. The fourth-order valence-electron chi connectivity index (χ4n) is 2.22. The van der Waals surface area contributed by atoms with Crippen LogP contribution in [0.4, 0.5) is 5.82 Å². The van der Waals surface area contributed by atoms with Gasteiger partial charge in [0.25, 0.3) is 0 Å². The molecule has 4 heteroatoms. The molecule has 1 unspecified atom stereocenters. The number of aromatic nitrogens is 2. The molecule has 0 radical (unpaired) electrons. The number of anilines is 1. The summed E-state index contributed by atoms with van der Waals surface area (Å²) < 4.78 is 1.87. The standard InChI is InChI=1S/C12H22N4/c1-4-12(2)10-16(8-5-7-13-12)11-6-9-15(3)14-11/h6,9,13H,4-5,7-8,10H2,1-3H3. The van der Waals surface area contributed by atoms with E-state index in [9.17, 15) is 0 Å². The van der Waals surface area contributed by atoms with E-state index in [1.807, 2.05) is 17.9 Å². The maximum Gasteiger partial charge on any atom is 0.150 e. The van der Waals surface area contributed by atoms with Gasteiger partial charge in [0.1, 0.15) is 0 Å². The summed E-state index contributed by atoms with van der Waals surface area (Å²) in [4.78, 5) is 2.39. The Morgan fingerprint density at radius 1 is 1.56 bits per heavy atom. The molecule has 1 aromatic rings. The second-order valence-corrected chi connectivity index (χ2v) is 4.96. The molecule has 1 fully saturated rings. The third-order valence-corrected chi connectivity index (χ3v) is 3.50. The third kappa shape index (κ3) is 2.38. The van der Waals surface area contributed by atoms with E-state index in [2.05, 4.69) is 35.2 Å². The number of hydrogen-bond acceptors (Lipinski definition) is 3. The Morgan fingerprint density at radius 2 is 2.38 bits per heavy atom. The van der Waals surface area contributed by atoms with E-state index in [0.717, 1.165) is 31.9 Å². The summed E-state index contributed by atoms with van der Waals surface area (Å²) in [5.74, 6) is 1.10. The lowest BCUT2D eigenvalue weighted by atomic mass is 9.99. The van der Waals surface area contributed by atoms with Gasteiger partial charge in [0.2, 0.25) is 0 Å². The molecule has 1 atom stereocenters. The Morgan fingerprint density at radius 3 is 3.00 bits per heavy atom. The molecule has 2 rings (SSSR count). The molecule has 1 aliphatic heterocycles. The summed E-state index contributed by atoms with van der Waals surface area (Å²) in [5, 5.41) is 8.13.